The summed E-state index contributed by atoms with van der Waals surface area (Å²) in [4.78, 5) is 0. The average Bonchev–Trinajstić information content (AvgIpc) is 3.37. The van der Waals surface area contributed by atoms with E-state index in [1.54, 1.807) is 29.0 Å². The first-order valence-corrected chi connectivity index (χ1v) is 9.48. The summed E-state index contributed by atoms with van der Waals surface area (Å²) in [6.07, 6.45) is 7.85. The van der Waals surface area contributed by atoms with Crippen molar-refractivity contribution in [2.45, 2.75) is 18.1 Å². The van der Waals surface area contributed by atoms with E-state index in [-0.39, 0.29) is 5.25 Å². The number of aromatic nitrogens is 2. The maximum absolute atomic E-state index is 12.0. The summed E-state index contributed by atoms with van der Waals surface area (Å²) < 4.78 is 28.4. The van der Waals surface area contributed by atoms with Crippen LogP contribution in [0.4, 0.5) is 5.69 Å². The minimum absolute atomic E-state index is 0.251. The molecule has 1 fully saturated rings. The molecule has 0 unspecified atom stereocenters. The molecular weight excluding hydrogens is 336 g/mol. The van der Waals surface area contributed by atoms with Crippen LogP contribution in [0.3, 0.4) is 0 Å². The van der Waals surface area contributed by atoms with Crippen molar-refractivity contribution in [3.8, 4) is 11.1 Å². The zero-order valence-electron chi connectivity index (χ0n) is 13.9. The second-order valence-electron chi connectivity index (χ2n) is 5.98. The molecule has 1 heterocycles. The molecule has 2 N–H and O–H groups in total. The van der Waals surface area contributed by atoms with Crippen LogP contribution in [0, 0.1) is 5.41 Å². The van der Waals surface area contributed by atoms with Crippen LogP contribution in [-0.4, -0.2) is 29.7 Å². The summed E-state index contributed by atoms with van der Waals surface area (Å²) in [5, 5.41) is 11.5. The Morgan fingerprint density at radius 1 is 1.36 bits per heavy atom. The number of allylic oxidation sites excluding steroid dienone is 3. The van der Waals surface area contributed by atoms with E-state index in [2.05, 4.69) is 16.4 Å². The van der Waals surface area contributed by atoms with Gasteiger partial charge in [-0.3, -0.25) is 9.40 Å². The van der Waals surface area contributed by atoms with Gasteiger partial charge >= 0.3 is 0 Å². The highest BCUT2D eigenvalue weighted by molar-refractivity contribution is 7.93. The Labute approximate surface area is 147 Å². The summed E-state index contributed by atoms with van der Waals surface area (Å²) in [7, 11) is -1.43. The van der Waals surface area contributed by atoms with Gasteiger partial charge in [-0.25, -0.2) is 8.42 Å². The van der Waals surface area contributed by atoms with Gasteiger partial charge in [-0.1, -0.05) is 24.8 Å². The highest BCUT2D eigenvalue weighted by Gasteiger charge is 2.35. The van der Waals surface area contributed by atoms with Gasteiger partial charge < -0.3 is 5.41 Å². The van der Waals surface area contributed by atoms with Crippen molar-refractivity contribution in [3.05, 3.63) is 54.9 Å². The van der Waals surface area contributed by atoms with E-state index >= 15 is 0 Å². The fourth-order valence-electron chi connectivity index (χ4n) is 2.59. The second-order valence-corrected chi connectivity index (χ2v) is 7.94. The summed E-state index contributed by atoms with van der Waals surface area (Å²) in [5.41, 5.74) is 3.85. The van der Waals surface area contributed by atoms with Gasteiger partial charge in [0.1, 0.15) is 5.69 Å². The van der Waals surface area contributed by atoms with Crippen LogP contribution in [0.1, 0.15) is 18.5 Å². The summed E-state index contributed by atoms with van der Waals surface area (Å²) in [6.45, 7) is 3.78. The molecule has 3 rings (SSSR count). The lowest BCUT2D eigenvalue weighted by Crippen LogP contribution is -2.17. The number of anilines is 1. The molecular formula is C18H20N4O2S. The molecule has 0 aliphatic heterocycles. The Balaban J connectivity index is 1.91. The zero-order chi connectivity index (χ0) is 18.0. The van der Waals surface area contributed by atoms with Gasteiger partial charge in [0.05, 0.1) is 5.25 Å². The largest absolute Gasteiger partial charge is 0.309 e. The SMILES string of the molecule is C=C/C(=C\C=N)c1nn(C)cc1-c1ccc(NS(=O)(=O)C2CC2)cc1. The van der Waals surface area contributed by atoms with Crippen LogP contribution in [0.2, 0.25) is 0 Å². The summed E-state index contributed by atoms with van der Waals surface area (Å²) in [5.74, 6) is 0. The summed E-state index contributed by atoms with van der Waals surface area (Å²) >= 11 is 0. The molecule has 1 aromatic heterocycles. The Morgan fingerprint density at radius 2 is 2.04 bits per heavy atom. The number of hydrogen-bond acceptors (Lipinski definition) is 4. The van der Waals surface area contributed by atoms with Crippen molar-refractivity contribution in [1.82, 2.24) is 9.78 Å². The molecule has 0 spiro atoms. The lowest BCUT2D eigenvalue weighted by molar-refractivity contribution is 0.600. The highest BCUT2D eigenvalue weighted by atomic mass is 32.2. The van der Waals surface area contributed by atoms with Gasteiger partial charge in [0.15, 0.2) is 0 Å². The van der Waals surface area contributed by atoms with Crippen LogP contribution in [0.5, 0.6) is 0 Å². The quantitative estimate of drug-likeness (QED) is 0.590. The molecule has 0 saturated heterocycles. The smallest absolute Gasteiger partial charge is 0.235 e. The maximum Gasteiger partial charge on any atom is 0.235 e. The predicted molar refractivity (Wildman–Crippen MR) is 101 cm³/mol. The van der Waals surface area contributed by atoms with Crippen LogP contribution >= 0.6 is 0 Å². The molecule has 2 aromatic rings. The van der Waals surface area contributed by atoms with Gasteiger partial charge in [0.25, 0.3) is 0 Å². The van der Waals surface area contributed by atoms with E-state index in [1.807, 2.05) is 25.4 Å². The van der Waals surface area contributed by atoms with Crippen molar-refractivity contribution in [2.75, 3.05) is 4.72 Å². The normalized spacial score (nSPS) is 15.0. The zero-order valence-corrected chi connectivity index (χ0v) is 14.8. The number of nitrogens with zero attached hydrogens (tertiary/aromatic N) is 2. The van der Waals surface area contributed by atoms with Crippen molar-refractivity contribution >= 4 is 27.5 Å². The second kappa shape index (κ2) is 6.68. The average molecular weight is 356 g/mol. The third-order valence-corrected chi connectivity index (χ3v) is 5.87. The van der Waals surface area contributed by atoms with Crippen LogP contribution in [-0.2, 0) is 17.1 Å². The number of aryl methyl sites for hydroxylation is 1. The van der Waals surface area contributed by atoms with Crippen LogP contribution in [0.25, 0.3) is 16.7 Å². The molecule has 130 valence electrons. The van der Waals surface area contributed by atoms with Gasteiger partial charge in [0, 0.05) is 36.3 Å². The number of sulfonamides is 1. The molecule has 1 aliphatic rings. The number of nitrogens with one attached hydrogen (secondary N) is 2. The van der Waals surface area contributed by atoms with E-state index in [1.165, 1.54) is 6.21 Å². The molecule has 0 bridgehead atoms. The summed E-state index contributed by atoms with van der Waals surface area (Å²) in [6, 6.07) is 7.21. The third-order valence-electron chi connectivity index (χ3n) is 4.00. The van der Waals surface area contributed by atoms with Crippen molar-refractivity contribution in [1.29, 1.82) is 5.41 Å². The minimum Gasteiger partial charge on any atom is -0.309 e. The molecule has 1 saturated carbocycles. The number of benzene rings is 1. The van der Waals surface area contributed by atoms with Gasteiger partial charge in [-0.15, -0.1) is 0 Å². The van der Waals surface area contributed by atoms with Crippen molar-refractivity contribution in [2.24, 2.45) is 7.05 Å². The first-order valence-electron chi connectivity index (χ1n) is 7.94. The van der Waals surface area contributed by atoms with Crippen molar-refractivity contribution in [3.63, 3.8) is 0 Å². The van der Waals surface area contributed by atoms with E-state index in [0.717, 1.165) is 35.2 Å². The number of hydrogen-bond donors (Lipinski definition) is 2. The van der Waals surface area contributed by atoms with Crippen LogP contribution < -0.4 is 4.72 Å². The first kappa shape index (κ1) is 17.2. The molecule has 0 radical (unpaired) electrons. The minimum atomic E-state index is -3.26. The molecule has 1 aromatic carbocycles. The van der Waals surface area contributed by atoms with Gasteiger partial charge in [-0.05, 0) is 36.6 Å². The Morgan fingerprint density at radius 3 is 2.60 bits per heavy atom. The molecule has 0 amide bonds. The topological polar surface area (TPSA) is 87.8 Å². The molecule has 1 aliphatic carbocycles. The lowest BCUT2D eigenvalue weighted by atomic mass is 10.0. The van der Waals surface area contributed by atoms with Gasteiger partial charge in [0.2, 0.25) is 10.0 Å². The lowest BCUT2D eigenvalue weighted by Gasteiger charge is -2.08. The molecule has 7 heteroatoms. The monoisotopic (exact) mass is 356 g/mol. The first-order chi connectivity index (χ1) is 11.9. The maximum atomic E-state index is 12.0. The Bertz CT molecular complexity index is 936. The van der Waals surface area contributed by atoms with E-state index in [9.17, 15) is 8.42 Å². The van der Waals surface area contributed by atoms with E-state index in [4.69, 9.17) is 5.41 Å². The highest BCUT2D eigenvalue weighted by Crippen LogP contribution is 2.32. The number of rotatable bonds is 7. The molecule has 25 heavy (non-hydrogen) atoms. The molecule has 0 atom stereocenters. The van der Waals surface area contributed by atoms with E-state index in [0.29, 0.717) is 5.69 Å². The van der Waals surface area contributed by atoms with Crippen molar-refractivity contribution < 1.29 is 8.42 Å². The van der Waals surface area contributed by atoms with Crippen LogP contribution in [0.15, 0.2) is 49.2 Å². The predicted octanol–water partition coefficient (Wildman–Crippen LogP) is 3.21. The third kappa shape index (κ3) is 3.71. The Kier molecular flexibility index (Phi) is 4.59. The fraction of sp³-hybridized carbons (Fsp3) is 0.222. The molecule has 6 nitrogen and oxygen atoms in total. The Hall–Kier alpha value is -2.67. The van der Waals surface area contributed by atoms with Gasteiger partial charge in [-0.2, -0.15) is 5.10 Å². The standard InChI is InChI=1S/C18H20N4O2S/c1-3-13(10-11-19)18-17(12-22(2)20-18)14-4-6-15(7-5-14)21-25(23,24)16-8-9-16/h3-7,10-12,16,19,21H,1,8-9H2,2H3/b13-10+,19-11?. The fourth-order valence-corrected chi connectivity index (χ4v) is 3.98. The van der Waals surface area contributed by atoms with E-state index < -0.39 is 10.0 Å².